The fourth-order valence-corrected chi connectivity index (χ4v) is 2.21. The minimum atomic E-state index is -0.770. The highest BCUT2D eigenvalue weighted by molar-refractivity contribution is 6.35. The molecule has 2 amide bonds. The van der Waals surface area contributed by atoms with E-state index in [0.29, 0.717) is 22.0 Å². The highest BCUT2D eigenvalue weighted by Crippen LogP contribution is 2.21. The average molecular weight is 333 g/mol. The molecule has 0 aliphatic heterocycles. The molecule has 0 fully saturated rings. The summed E-state index contributed by atoms with van der Waals surface area (Å²) >= 11 is 11.8. The molecule has 0 spiro atoms. The lowest BCUT2D eigenvalue weighted by molar-refractivity contribution is -0.147. The maximum absolute atomic E-state index is 12.0. The first-order chi connectivity index (χ1) is 9.79. The first-order valence-corrected chi connectivity index (χ1v) is 7.21. The number of hydrogen-bond donors (Lipinski definition) is 2. The van der Waals surface area contributed by atoms with Crippen molar-refractivity contribution in [3.05, 3.63) is 33.8 Å². The summed E-state index contributed by atoms with van der Waals surface area (Å²) in [6.07, 6.45) is 0.441. The van der Waals surface area contributed by atoms with Gasteiger partial charge < -0.3 is 15.8 Å². The molecule has 0 bridgehead atoms. The fourth-order valence-electron chi connectivity index (χ4n) is 1.75. The standard InChI is InChI=1S/C14H18Cl2N2O3/c1-8(2)5-12(18-14(17)20)13(19)21-7-9-3-4-10(15)6-11(9)16/h3-4,6,8,12H,5,7H2,1-2H3,(H3,17,18,20)/t12-/m0/s1. The molecule has 21 heavy (non-hydrogen) atoms. The number of amides is 2. The molecule has 1 aromatic carbocycles. The second-order valence-electron chi connectivity index (χ2n) is 5.03. The Bertz CT molecular complexity index is 521. The first kappa shape index (κ1) is 17.6. The number of rotatable bonds is 6. The molecular formula is C14H18Cl2N2O3. The SMILES string of the molecule is CC(C)C[C@H](NC(N)=O)C(=O)OCc1ccc(Cl)cc1Cl. The van der Waals surface area contributed by atoms with Crippen molar-refractivity contribution in [2.45, 2.75) is 32.9 Å². The molecular weight excluding hydrogens is 315 g/mol. The number of hydrogen-bond acceptors (Lipinski definition) is 3. The number of urea groups is 1. The third-order valence-electron chi connectivity index (χ3n) is 2.69. The van der Waals surface area contributed by atoms with Crippen molar-refractivity contribution in [3.63, 3.8) is 0 Å². The minimum absolute atomic E-state index is 0.00384. The van der Waals surface area contributed by atoms with E-state index in [1.54, 1.807) is 18.2 Å². The molecule has 116 valence electrons. The van der Waals surface area contributed by atoms with Gasteiger partial charge in [-0.05, 0) is 24.5 Å². The summed E-state index contributed by atoms with van der Waals surface area (Å²) in [4.78, 5) is 22.9. The molecule has 3 N–H and O–H groups in total. The highest BCUT2D eigenvalue weighted by Gasteiger charge is 2.22. The van der Waals surface area contributed by atoms with Crippen LogP contribution in [0.5, 0.6) is 0 Å². The quantitative estimate of drug-likeness (QED) is 0.785. The topological polar surface area (TPSA) is 81.4 Å². The number of carbonyl (C=O) groups is 2. The van der Waals surface area contributed by atoms with Gasteiger partial charge in [-0.15, -0.1) is 0 Å². The van der Waals surface area contributed by atoms with Crippen molar-refractivity contribution >= 4 is 35.2 Å². The van der Waals surface area contributed by atoms with Gasteiger partial charge in [0.15, 0.2) is 0 Å². The van der Waals surface area contributed by atoms with Crippen molar-refractivity contribution in [1.29, 1.82) is 0 Å². The lowest BCUT2D eigenvalue weighted by Gasteiger charge is -2.18. The molecule has 0 saturated heterocycles. The van der Waals surface area contributed by atoms with Crippen LogP contribution < -0.4 is 11.1 Å². The number of nitrogens with two attached hydrogens (primary N) is 1. The predicted octanol–water partition coefficient (Wildman–Crippen LogP) is 3.12. The third kappa shape index (κ3) is 6.23. The van der Waals surface area contributed by atoms with E-state index in [4.69, 9.17) is 33.7 Å². The van der Waals surface area contributed by atoms with Gasteiger partial charge in [-0.25, -0.2) is 9.59 Å². The van der Waals surface area contributed by atoms with Crippen molar-refractivity contribution < 1.29 is 14.3 Å². The van der Waals surface area contributed by atoms with Gasteiger partial charge in [0.25, 0.3) is 0 Å². The van der Waals surface area contributed by atoms with Crippen LogP contribution in [0.1, 0.15) is 25.8 Å². The summed E-state index contributed by atoms with van der Waals surface area (Å²) in [6.45, 7) is 3.86. The van der Waals surface area contributed by atoms with Crippen LogP contribution in [0.15, 0.2) is 18.2 Å². The molecule has 0 aliphatic carbocycles. The van der Waals surface area contributed by atoms with E-state index >= 15 is 0 Å². The summed E-state index contributed by atoms with van der Waals surface area (Å²) < 4.78 is 5.18. The molecule has 0 aliphatic rings. The Morgan fingerprint density at radius 2 is 2.00 bits per heavy atom. The summed E-state index contributed by atoms with van der Waals surface area (Å²) in [5.74, 6) is -0.345. The number of primary amides is 1. The number of esters is 1. The number of nitrogens with one attached hydrogen (secondary N) is 1. The smallest absolute Gasteiger partial charge is 0.329 e. The summed E-state index contributed by atoms with van der Waals surface area (Å²) in [7, 11) is 0. The fraction of sp³-hybridized carbons (Fsp3) is 0.429. The number of carbonyl (C=O) groups excluding carboxylic acids is 2. The summed E-state index contributed by atoms with van der Waals surface area (Å²) in [6, 6.07) is 3.37. The number of halogens is 2. The lowest BCUT2D eigenvalue weighted by Crippen LogP contribution is -2.45. The van der Waals surface area contributed by atoms with Gasteiger partial charge in [0.1, 0.15) is 12.6 Å². The molecule has 0 aromatic heterocycles. The zero-order valence-corrected chi connectivity index (χ0v) is 13.4. The van der Waals surface area contributed by atoms with E-state index in [1.165, 1.54) is 0 Å². The van der Waals surface area contributed by atoms with E-state index in [-0.39, 0.29) is 12.5 Å². The van der Waals surface area contributed by atoms with Gasteiger partial charge in [0.2, 0.25) is 0 Å². The Hall–Kier alpha value is -1.46. The Morgan fingerprint density at radius 1 is 1.33 bits per heavy atom. The summed E-state index contributed by atoms with van der Waals surface area (Å²) in [5, 5.41) is 3.30. The van der Waals surface area contributed by atoms with Crippen LogP contribution in [0.4, 0.5) is 4.79 Å². The Kier molecular flexibility index (Phi) is 6.78. The van der Waals surface area contributed by atoms with Crippen LogP contribution in [0.25, 0.3) is 0 Å². The van der Waals surface area contributed by atoms with E-state index in [2.05, 4.69) is 5.32 Å². The van der Waals surface area contributed by atoms with Crippen molar-refractivity contribution in [2.75, 3.05) is 0 Å². The molecule has 1 atom stereocenters. The van der Waals surface area contributed by atoms with Gasteiger partial charge in [-0.1, -0.05) is 43.1 Å². The molecule has 1 aromatic rings. The number of benzene rings is 1. The molecule has 0 heterocycles. The largest absolute Gasteiger partial charge is 0.459 e. The van der Waals surface area contributed by atoms with Crippen LogP contribution in [0.3, 0.4) is 0 Å². The van der Waals surface area contributed by atoms with Crippen molar-refractivity contribution in [3.8, 4) is 0 Å². The molecule has 0 radical (unpaired) electrons. The molecule has 1 rings (SSSR count). The second-order valence-corrected chi connectivity index (χ2v) is 5.88. The monoisotopic (exact) mass is 332 g/mol. The molecule has 0 unspecified atom stereocenters. The highest BCUT2D eigenvalue weighted by atomic mass is 35.5. The third-order valence-corrected chi connectivity index (χ3v) is 3.28. The predicted molar refractivity (Wildman–Crippen MR) is 82.2 cm³/mol. The van der Waals surface area contributed by atoms with Gasteiger partial charge in [0, 0.05) is 15.6 Å². The Morgan fingerprint density at radius 3 is 2.52 bits per heavy atom. The van der Waals surface area contributed by atoms with Crippen LogP contribution in [-0.2, 0) is 16.1 Å². The van der Waals surface area contributed by atoms with E-state index in [9.17, 15) is 9.59 Å². The van der Waals surface area contributed by atoms with Gasteiger partial charge >= 0.3 is 12.0 Å². The maximum Gasteiger partial charge on any atom is 0.329 e. The first-order valence-electron chi connectivity index (χ1n) is 6.46. The molecule has 5 nitrogen and oxygen atoms in total. The summed E-state index contributed by atoms with van der Waals surface area (Å²) in [5.41, 5.74) is 5.70. The zero-order valence-electron chi connectivity index (χ0n) is 11.9. The lowest BCUT2D eigenvalue weighted by atomic mass is 10.0. The van der Waals surface area contributed by atoms with E-state index in [1.807, 2.05) is 13.8 Å². The zero-order chi connectivity index (χ0) is 16.0. The van der Waals surface area contributed by atoms with Crippen LogP contribution >= 0.6 is 23.2 Å². The van der Waals surface area contributed by atoms with Gasteiger partial charge in [-0.2, -0.15) is 0 Å². The Labute approximate surface area is 133 Å². The molecule has 0 saturated carbocycles. The Balaban J connectivity index is 2.66. The normalized spacial score (nSPS) is 12.0. The van der Waals surface area contributed by atoms with Crippen LogP contribution in [0, 0.1) is 5.92 Å². The second kappa shape index (κ2) is 8.10. The van der Waals surface area contributed by atoms with Gasteiger partial charge in [0.05, 0.1) is 0 Å². The average Bonchev–Trinajstić information content (AvgIpc) is 2.35. The van der Waals surface area contributed by atoms with Crippen molar-refractivity contribution in [2.24, 2.45) is 11.7 Å². The number of ether oxygens (including phenoxy) is 1. The maximum atomic E-state index is 12.0. The van der Waals surface area contributed by atoms with Gasteiger partial charge in [-0.3, -0.25) is 0 Å². The van der Waals surface area contributed by atoms with E-state index in [0.717, 1.165) is 0 Å². The van der Waals surface area contributed by atoms with Crippen molar-refractivity contribution in [1.82, 2.24) is 5.32 Å². The van der Waals surface area contributed by atoms with Crippen LogP contribution in [-0.4, -0.2) is 18.0 Å². The minimum Gasteiger partial charge on any atom is -0.459 e. The van der Waals surface area contributed by atoms with E-state index < -0.39 is 18.0 Å². The van der Waals surface area contributed by atoms with Crippen LogP contribution in [0.2, 0.25) is 10.0 Å². The molecule has 7 heteroatoms.